The molecule has 3 aromatic heterocycles. The molecule has 74 heavy (non-hydrogen) atoms. The van der Waals surface area contributed by atoms with Crippen LogP contribution in [-0.4, -0.2) is 9.55 Å². The molecule has 0 saturated carbocycles. The summed E-state index contributed by atoms with van der Waals surface area (Å²) in [5, 5.41) is 5.06. The lowest BCUT2D eigenvalue weighted by molar-refractivity contribution is 0.811. The number of pyridine rings is 1. The van der Waals surface area contributed by atoms with Crippen molar-refractivity contribution in [3.63, 3.8) is 0 Å². The van der Waals surface area contributed by atoms with Crippen LogP contribution in [0.1, 0.15) is 27.5 Å². The first-order valence-corrected chi connectivity index (χ1v) is 26.0. The van der Waals surface area contributed by atoms with Gasteiger partial charge in [0, 0.05) is 89.4 Å². The van der Waals surface area contributed by atoms with Gasteiger partial charge in [0.15, 0.2) is 0 Å². The summed E-state index contributed by atoms with van der Waals surface area (Å²) in [5.41, 5.74) is 18.3. The molecule has 352 valence electrons. The monoisotopic (exact) mass is 966 g/mol. The van der Waals surface area contributed by atoms with Crippen LogP contribution in [0.5, 0.6) is 0 Å². The van der Waals surface area contributed by atoms with Crippen LogP contribution >= 0.6 is 11.3 Å². The zero-order chi connectivity index (χ0) is 49.5. The molecule has 3 heterocycles. The second-order valence-electron chi connectivity index (χ2n) is 18.8. The van der Waals surface area contributed by atoms with Crippen molar-refractivity contribution < 1.29 is 0 Å². The summed E-state index contributed by atoms with van der Waals surface area (Å²) in [6.45, 7) is 8.11. The summed E-state index contributed by atoms with van der Waals surface area (Å²) >= 11 is 1.94. The number of hydrogen-bond donors (Lipinski definition) is 0. The van der Waals surface area contributed by atoms with Crippen LogP contribution in [0, 0.1) is 0 Å². The Morgan fingerprint density at radius 1 is 0.527 bits per heavy atom. The molecule has 9 aromatic carbocycles. The van der Waals surface area contributed by atoms with Crippen molar-refractivity contribution in [2.75, 3.05) is 9.80 Å². The molecule has 0 aliphatic heterocycles. The van der Waals surface area contributed by atoms with Gasteiger partial charge in [-0.1, -0.05) is 177 Å². The lowest BCUT2D eigenvalue weighted by atomic mass is 9.81. The SMILES string of the molecule is C=C/C=C(\C=C)c1ccc(N(c2ccc(-c3ccccc3)cc2)c2cc(C3Cc4c(n(-c5ccccc5)c5c4ccc4ccccc45)-c4c3sc3ccccc43)cc(N(c3ccccc3)c3ccncc3)c2)cc1. The minimum Gasteiger partial charge on any atom is -0.310 e. The molecule has 1 atom stereocenters. The maximum atomic E-state index is 4.48. The van der Waals surface area contributed by atoms with Gasteiger partial charge >= 0.3 is 0 Å². The van der Waals surface area contributed by atoms with Crippen molar-refractivity contribution in [1.82, 2.24) is 9.55 Å². The molecule has 0 bridgehead atoms. The summed E-state index contributed by atoms with van der Waals surface area (Å²) in [5.74, 6) is 0.00818. The third kappa shape index (κ3) is 7.82. The summed E-state index contributed by atoms with van der Waals surface area (Å²) in [7, 11) is 0. The van der Waals surface area contributed by atoms with Gasteiger partial charge in [-0.05, 0) is 130 Å². The molecule has 12 aromatic rings. The Hall–Kier alpha value is -9.29. The first kappa shape index (κ1) is 44.6. The smallest absolute Gasteiger partial charge is 0.0616 e. The van der Waals surface area contributed by atoms with E-state index in [9.17, 15) is 0 Å². The molecule has 0 spiro atoms. The van der Waals surface area contributed by atoms with Crippen molar-refractivity contribution in [3.8, 4) is 28.1 Å². The lowest BCUT2D eigenvalue weighted by Crippen LogP contribution is -2.16. The van der Waals surface area contributed by atoms with Gasteiger partial charge in [0.2, 0.25) is 0 Å². The number of thiophene rings is 1. The Labute approximate surface area is 436 Å². The molecule has 13 rings (SSSR count). The molecule has 0 saturated heterocycles. The zero-order valence-corrected chi connectivity index (χ0v) is 41.5. The Bertz CT molecular complexity index is 4020. The highest BCUT2D eigenvalue weighted by Gasteiger charge is 2.36. The summed E-state index contributed by atoms with van der Waals surface area (Å²) in [4.78, 5) is 10.6. The van der Waals surface area contributed by atoms with Crippen LogP contribution in [0.25, 0.3) is 65.4 Å². The molecule has 1 aliphatic carbocycles. The highest BCUT2D eigenvalue weighted by atomic mass is 32.1. The van der Waals surface area contributed by atoms with Gasteiger partial charge in [-0.15, -0.1) is 11.3 Å². The lowest BCUT2D eigenvalue weighted by Gasteiger charge is -2.32. The average Bonchev–Trinajstić information content (AvgIpc) is 4.06. The summed E-state index contributed by atoms with van der Waals surface area (Å²) in [6, 6.07) is 84.1. The molecule has 1 aliphatic rings. The van der Waals surface area contributed by atoms with Crippen LogP contribution < -0.4 is 9.80 Å². The summed E-state index contributed by atoms with van der Waals surface area (Å²) in [6.07, 6.45) is 10.3. The fraction of sp³-hybridized carbons (Fsp3) is 0.0290. The molecule has 0 fully saturated rings. The van der Waals surface area contributed by atoms with E-state index in [0.29, 0.717) is 0 Å². The third-order valence-corrected chi connectivity index (χ3v) is 15.8. The van der Waals surface area contributed by atoms with E-state index in [-0.39, 0.29) is 5.92 Å². The van der Waals surface area contributed by atoms with Gasteiger partial charge in [0.1, 0.15) is 0 Å². The molecular formula is C69H50N4S. The number of allylic oxidation sites excluding steroid dienone is 4. The quantitative estimate of drug-likeness (QED) is 0.114. The predicted molar refractivity (Wildman–Crippen MR) is 315 cm³/mol. The van der Waals surface area contributed by atoms with E-state index in [4.69, 9.17) is 0 Å². The van der Waals surface area contributed by atoms with E-state index in [0.717, 1.165) is 62.9 Å². The van der Waals surface area contributed by atoms with Crippen LogP contribution in [0.15, 0.2) is 274 Å². The van der Waals surface area contributed by atoms with Crippen LogP contribution in [0.2, 0.25) is 0 Å². The largest absolute Gasteiger partial charge is 0.310 e. The maximum Gasteiger partial charge on any atom is 0.0616 e. The Morgan fingerprint density at radius 3 is 1.80 bits per heavy atom. The van der Waals surface area contributed by atoms with Gasteiger partial charge < -0.3 is 14.4 Å². The number of hydrogen-bond acceptors (Lipinski definition) is 4. The van der Waals surface area contributed by atoms with Crippen molar-refractivity contribution in [3.05, 3.63) is 296 Å². The standard InChI is InChI=1S/C69H50N4S/c1-3-18-47(4-2)49-29-34-55(35-30-49)72(56-36-31-50(32-37-56)48-19-8-5-9-20-48)59-44-52(43-58(45-59)71(53-22-10-6-11-23-53)57-39-41-70-42-40-57)63-46-64-61-38-33-51-21-14-15-26-60(51)67(61)73(54-24-12-7-13-25-54)68(64)66-62-27-16-17-28-65(62)74-69(63)66/h3-45,63H,1-2,46H2/b47-18+. The second kappa shape index (κ2) is 19.0. The number of aromatic nitrogens is 2. The Balaban J connectivity index is 1.09. The normalized spacial score (nSPS) is 13.1. The van der Waals surface area contributed by atoms with Crippen LogP contribution in [0.4, 0.5) is 34.1 Å². The van der Waals surface area contributed by atoms with E-state index in [1.807, 2.05) is 42.0 Å². The van der Waals surface area contributed by atoms with Gasteiger partial charge in [0.05, 0.1) is 11.2 Å². The number of rotatable bonds is 12. The van der Waals surface area contributed by atoms with Crippen molar-refractivity contribution >= 4 is 82.8 Å². The van der Waals surface area contributed by atoms with Crippen LogP contribution in [-0.2, 0) is 6.42 Å². The third-order valence-electron chi connectivity index (χ3n) is 14.5. The highest BCUT2D eigenvalue weighted by Crippen LogP contribution is 2.55. The maximum absolute atomic E-state index is 4.48. The zero-order valence-electron chi connectivity index (χ0n) is 40.7. The molecule has 0 N–H and O–H groups in total. The second-order valence-corrected chi connectivity index (χ2v) is 19.9. The van der Waals surface area contributed by atoms with E-state index in [2.05, 4.69) is 263 Å². The number of para-hydroxylation sites is 2. The highest BCUT2D eigenvalue weighted by molar-refractivity contribution is 7.19. The average molecular weight is 967 g/mol. The minimum atomic E-state index is 0.00818. The van der Waals surface area contributed by atoms with Crippen molar-refractivity contribution in [2.24, 2.45) is 0 Å². The first-order chi connectivity index (χ1) is 36.6. The number of benzene rings is 9. The molecule has 5 heteroatoms. The molecule has 1 unspecified atom stereocenters. The van der Waals surface area contributed by atoms with E-state index >= 15 is 0 Å². The van der Waals surface area contributed by atoms with E-state index < -0.39 is 0 Å². The van der Waals surface area contributed by atoms with Crippen LogP contribution in [0.3, 0.4) is 0 Å². The minimum absolute atomic E-state index is 0.00818. The van der Waals surface area contributed by atoms with Crippen molar-refractivity contribution in [1.29, 1.82) is 0 Å². The fourth-order valence-corrected chi connectivity index (χ4v) is 12.6. The van der Waals surface area contributed by atoms with Gasteiger partial charge in [-0.3, -0.25) is 4.98 Å². The Kier molecular flexibility index (Phi) is 11.5. The number of nitrogens with zero attached hydrogens (tertiary/aromatic N) is 4. The Morgan fingerprint density at radius 2 is 1.11 bits per heavy atom. The first-order valence-electron chi connectivity index (χ1n) is 25.2. The molecular weight excluding hydrogens is 917 g/mol. The van der Waals surface area contributed by atoms with Gasteiger partial charge in [0.25, 0.3) is 0 Å². The van der Waals surface area contributed by atoms with Gasteiger partial charge in [-0.2, -0.15) is 0 Å². The van der Waals surface area contributed by atoms with E-state index in [1.165, 1.54) is 64.6 Å². The summed E-state index contributed by atoms with van der Waals surface area (Å²) < 4.78 is 3.85. The fourth-order valence-electron chi connectivity index (χ4n) is 11.2. The molecule has 0 amide bonds. The number of fused-ring (bicyclic) bond motifs is 9. The molecule has 4 nitrogen and oxygen atoms in total. The van der Waals surface area contributed by atoms with E-state index in [1.54, 1.807) is 0 Å². The number of anilines is 6. The molecule has 0 radical (unpaired) electrons. The van der Waals surface area contributed by atoms with Crippen molar-refractivity contribution in [2.45, 2.75) is 12.3 Å². The topological polar surface area (TPSA) is 24.3 Å². The van der Waals surface area contributed by atoms with Gasteiger partial charge in [-0.25, -0.2) is 0 Å². The predicted octanol–water partition coefficient (Wildman–Crippen LogP) is 19.1.